The van der Waals surface area contributed by atoms with Gasteiger partial charge in [0, 0.05) is 11.6 Å². The summed E-state index contributed by atoms with van der Waals surface area (Å²) >= 11 is 0. The molecule has 0 aliphatic heterocycles. The van der Waals surface area contributed by atoms with Crippen LogP contribution in [0.3, 0.4) is 0 Å². The second-order valence-electron chi connectivity index (χ2n) is 7.88. The molecule has 0 fully saturated rings. The molecule has 0 bridgehead atoms. The van der Waals surface area contributed by atoms with Gasteiger partial charge in [0.2, 0.25) is 5.88 Å². The summed E-state index contributed by atoms with van der Waals surface area (Å²) in [5.74, 6) is 2.51. The first-order chi connectivity index (χ1) is 16.5. The van der Waals surface area contributed by atoms with Crippen LogP contribution in [0.25, 0.3) is 17.0 Å². The Bertz CT molecular complexity index is 1270. The smallest absolute Gasteiger partial charge is 0.258 e. The lowest BCUT2D eigenvalue weighted by atomic mass is 10.0. The Morgan fingerprint density at radius 1 is 1.03 bits per heavy atom. The molecule has 0 aliphatic rings. The zero-order chi connectivity index (χ0) is 23.9. The topological polar surface area (TPSA) is 99.9 Å². The van der Waals surface area contributed by atoms with Gasteiger partial charge in [0.1, 0.15) is 18.1 Å². The molecule has 2 heterocycles. The summed E-state index contributed by atoms with van der Waals surface area (Å²) in [6, 6.07) is 18.7. The molecule has 0 saturated heterocycles. The first kappa shape index (κ1) is 23.0. The van der Waals surface area contributed by atoms with E-state index < -0.39 is 0 Å². The fourth-order valence-corrected chi connectivity index (χ4v) is 3.42. The molecule has 0 unspecified atom stereocenters. The summed E-state index contributed by atoms with van der Waals surface area (Å²) in [7, 11) is 1.61. The lowest BCUT2D eigenvalue weighted by Crippen LogP contribution is -2.32. The average Bonchev–Trinajstić information content (AvgIpc) is 3.29. The van der Waals surface area contributed by atoms with Crippen molar-refractivity contribution in [3.63, 3.8) is 0 Å². The average molecular weight is 462 g/mol. The summed E-state index contributed by atoms with van der Waals surface area (Å²) in [5.41, 5.74) is 2.49. The summed E-state index contributed by atoms with van der Waals surface area (Å²) in [4.78, 5) is 12.2. The van der Waals surface area contributed by atoms with E-state index in [1.54, 1.807) is 23.8 Å². The van der Waals surface area contributed by atoms with E-state index in [0.29, 0.717) is 35.6 Å². The van der Waals surface area contributed by atoms with E-state index in [0.717, 1.165) is 16.9 Å². The molecule has 1 N–H and O–H groups in total. The molecule has 4 rings (SSSR count). The van der Waals surface area contributed by atoms with Gasteiger partial charge in [-0.3, -0.25) is 4.79 Å². The number of amides is 1. The third-order valence-corrected chi connectivity index (χ3v) is 5.14. The van der Waals surface area contributed by atoms with E-state index in [1.165, 1.54) is 0 Å². The van der Waals surface area contributed by atoms with Gasteiger partial charge >= 0.3 is 0 Å². The summed E-state index contributed by atoms with van der Waals surface area (Å²) in [6.07, 6.45) is 0. The summed E-state index contributed by atoms with van der Waals surface area (Å²) in [6.45, 7) is 4.69. The van der Waals surface area contributed by atoms with Crippen LogP contribution in [0.5, 0.6) is 17.4 Å². The molecule has 9 heteroatoms. The number of hydrogen-bond donors (Lipinski definition) is 1. The molecule has 0 spiro atoms. The SMILES string of the molecule is COc1cccc(-c2nnc3ccc(OCCNC(=O)COc4ccccc4C(C)C)nn23)c1. The van der Waals surface area contributed by atoms with Crippen LogP contribution in [0.4, 0.5) is 0 Å². The first-order valence-electron chi connectivity index (χ1n) is 11.0. The number of ether oxygens (including phenoxy) is 3. The van der Waals surface area contributed by atoms with Gasteiger partial charge in [-0.2, -0.15) is 4.52 Å². The van der Waals surface area contributed by atoms with Gasteiger partial charge in [0.15, 0.2) is 18.1 Å². The number of benzene rings is 2. The number of hydrogen-bond acceptors (Lipinski definition) is 7. The van der Waals surface area contributed by atoms with Crippen molar-refractivity contribution in [2.45, 2.75) is 19.8 Å². The normalized spacial score (nSPS) is 10.9. The molecule has 2 aromatic heterocycles. The number of rotatable bonds is 10. The molecule has 2 aromatic carbocycles. The number of para-hydroxylation sites is 1. The molecule has 0 atom stereocenters. The van der Waals surface area contributed by atoms with Crippen LogP contribution in [0, 0.1) is 0 Å². The highest BCUT2D eigenvalue weighted by Gasteiger charge is 2.12. The van der Waals surface area contributed by atoms with Gasteiger partial charge in [0.05, 0.1) is 13.7 Å². The van der Waals surface area contributed by atoms with Crippen LogP contribution in [0.1, 0.15) is 25.3 Å². The Balaban J connectivity index is 1.30. The van der Waals surface area contributed by atoms with E-state index >= 15 is 0 Å². The first-order valence-corrected chi connectivity index (χ1v) is 11.0. The highest BCUT2D eigenvalue weighted by Crippen LogP contribution is 2.26. The van der Waals surface area contributed by atoms with Crippen molar-refractivity contribution in [1.29, 1.82) is 0 Å². The van der Waals surface area contributed by atoms with Crippen molar-refractivity contribution >= 4 is 11.6 Å². The standard InChI is InChI=1S/C25H27N5O4/c1-17(2)20-9-4-5-10-21(20)34-16-23(31)26-13-14-33-24-12-11-22-27-28-25(30(22)29-24)18-7-6-8-19(15-18)32-3/h4-12,15,17H,13-14,16H2,1-3H3,(H,26,31). The Kier molecular flexibility index (Phi) is 7.22. The number of fused-ring (bicyclic) bond motifs is 1. The summed E-state index contributed by atoms with van der Waals surface area (Å²) < 4.78 is 18.3. The molecule has 34 heavy (non-hydrogen) atoms. The van der Waals surface area contributed by atoms with Gasteiger partial charge in [0.25, 0.3) is 5.91 Å². The maximum Gasteiger partial charge on any atom is 0.258 e. The van der Waals surface area contributed by atoms with Gasteiger partial charge in [-0.25, -0.2) is 0 Å². The van der Waals surface area contributed by atoms with Crippen LogP contribution in [0.2, 0.25) is 0 Å². The van der Waals surface area contributed by atoms with Crippen LogP contribution >= 0.6 is 0 Å². The summed E-state index contributed by atoms with van der Waals surface area (Å²) in [5, 5.41) is 15.7. The van der Waals surface area contributed by atoms with E-state index in [4.69, 9.17) is 14.2 Å². The zero-order valence-electron chi connectivity index (χ0n) is 19.4. The predicted octanol–water partition coefficient (Wildman–Crippen LogP) is 3.50. The predicted molar refractivity (Wildman–Crippen MR) is 127 cm³/mol. The number of carbonyl (C=O) groups is 1. The van der Waals surface area contributed by atoms with Crippen molar-refractivity contribution in [3.05, 3.63) is 66.2 Å². The van der Waals surface area contributed by atoms with Crippen molar-refractivity contribution in [1.82, 2.24) is 25.1 Å². The number of carbonyl (C=O) groups excluding carboxylic acids is 1. The van der Waals surface area contributed by atoms with Crippen LogP contribution < -0.4 is 19.5 Å². The highest BCUT2D eigenvalue weighted by molar-refractivity contribution is 5.77. The Morgan fingerprint density at radius 2 is 1.88 bits per heavy atom. The Hall–Kier alpha value is -4.14. The minimum Gasteiger partial charge on any atom is -0.497 e. The minimum absolute atomic E-state index is 0.0570. The highest BCUT2D eigenvalue weighted by atomic mass is 16.5. The zero-order valence-corrected chi connectivity index (χ0v) is 19.4. The fourth-order valence-electron chi connectivity index (χ4n) is 3.42. The van der Waals surface area contributed by atoms with Crippen molar-refractivity contribution in [2.75, 3.05) is 26.9 Å². The third-order valence-electron chi connectivity index (χ3n) is 5.14. The maximum atomic E-state index is 12.2. The largest absolute Gasteiger partial charge is 0.497 e. The molecular formula is C25H27N5O4. The monoisotopic (exact) mass is 461 g/mol. The quantitative estimate of drug-likeness (QED) is 0.361. The van der Waals surface area contributed by atoms with Gasteiger partial charge in [-0.1, -0.05) is 44.2 Å². The number of methoxy groups -OCH3 is 1. The number of nitrogens with one attached hydrogen (secondary N) is 1. The molecule has 0 radical (unpaired) electrons. The van der Waals surface area contributed by atoms with Crippen LogP contribution in [0.15, 0.2) is 60.7 Å². The molecule has 9 nitrogen and oxygen atoms in total. The number of aromatic nitrogens is 4. The second kappa shape index (κ2) is 10.7. The van der Waals surface area contributed by atoms with Crippen LogP contribution in [-0.2, 0) is 4.79 Å². The molecule has 4 aromatic rings. The van der Waals surface area contributed by atoms with Gasteiger partial charge in [-0.15, -0.1) is 15.3 Å². The molecule has 0 saturated carbocycles. The van der Waals surface area contributed by atoms with E-state index in [1.807, 2.05) is 48.5 Å². The molecule has 0 aliphatic carbocycles. The lowest BCUT2D eigenvalue weighted by molar-refractivity contribution is -0.123. The molecule has 1 amide bonds. The van der Waals surface area contributed by atoms with Crippen molar-refractivity contribution in [3.8, 4) is 28.8 Å². The number of nitrogens with zero attached hydrogens (tertiary/aromatic N) is 4. The maximum absolute atomic E-state index is 12.2. The Labute approximate surface area is 197 Å². The second-order valence-corrected chi connectivity index (χ2v) is 7.88. The Morgan fingerprint density at radius 3 is 2.71 bits per heavy atom. The molecular weight excluding hydrogens is 434 g/mol. The van der Waals surface area contributed by atoms with Crippen molar-refractivity contribution in [2.24, 2.45) is 0 Å². The van der Waals surface area contributed by atoms with E-state index in [9.17, 15) is 4.79 Å². The van der Waals surface area contributed by atoms with Gasteiger partial charge in [-0.05, 0) is 35.7 Å². The molecule has 176 valence electrons. The van der Waals surface area contributed by atoms with Crippen molar-refractivity contribution < 1.29 is 19.0 Å². The lowest BCUT2D eigenvalue weighted by Gasteiger charge is -2.13. The minimum atomic E-state index is -0.218. The third kappa shape index (κ3) is 5.43. The van der Waals surface area contributed by atoms with E-state index in [-0.39, 0.29) is 19.1 Å². The van der Waals surface area contributed by atoms with E-state index in [2.05, 4.69) is 34.5 Å². The van der Waals surface area contributed by atoms with Gasteiger partial charge < -0.3 is 19.5 Å². The van der Waals surface area contributed by atoms with Crippen LogP contribution in [-0.4, -0.2) is 52.6 Å². The fraction of sp³-hybridized carbons (Fsp3) is 0.280.